The number of rotatable bonds is 20. The van der Waals surface area contributed by atoms with Crippen LogP contribution in [0.3, 0.4) is 0 Å². The third-order valence-corrected chi connectivity index (χ3v) is 13.9. The number of hydrogen-bond donors (Lipinski definition) is 2. The molecular formula is C54H71N7O7. The zero-order valence-electron chi connectivity index (χ0n) is 41.3. The molecule has 364 valence electrons. The number of carbonyl (C=O) groups excluding carboxylic acids is 5. The van der Waals surface area contributed by atoms with Crippen LogP contribution in [-0.2, 0) is 52.8 Å². The number of amides is 4. The maximum atomic E-state index is 14.8. The van der Waals surface area contributed by atoms with Crippen molar-refractivity contribution >= 4 is 40.8 Å². The Labute approximate surface area is 401 Å². The number of pyridine rings is 1. The number of nitrogens with one attached hydrogen (secondary N) is 2. The molecule has 7 rings (SSSR count). The average molecular weight is 930 g/mol. The molecule has 3 aliphatic rings. The number of ether oxygens (including phenoxy) is 2. The molecule has 4 aromatic rings. The molecule has 5 atom stereocenters. The van der Waals surface area contributed by atoms with Gasteiger partial charge in [-0.05, 0) is 116 Å². The van der Waals surface area contributed by atoms with E-state index in [1.165, 1.54) is 16.6 Å². The number of methoxy groups -OCH3 is 2. The highest BCUT2D eigenvalue weighted by Gasteiger charge is 2.46. The summed E-state index contributed by atoms with van der Waals surface area (Å²) in [5, 5.41) is 5.73. The zero-order chi connectivity index (χ0) is 48.9. The van der Waals surface area contributed by atoms with E-state index in [1.807, 2.05) is 45.2 Å². The molecule has 1 saturated carbocycles. The molecule has 1 aliphatic carbocycles. The minimum atomic E-state index is -1.01. The van der Waals surface area contributed by atoms with Gasteiger partial charge in [-0.3, -0.25) is 29.2 Å². The fraction of sp³-hybridized carbons (Fsp3) is 0.519. The van der Waals surface area contributed by atoms with Crippen molar-refractivity contribution in [2.75, 3.05) is 40.5 Å². The van der Waals surface area contributed by atoms with Crippen molar-refractivity contribution in [3.8, 4) is 22.4 Å². The van der Waals surface area contributed by atoms with Crippen LogP contribution in [-0.4, -0.2) is 119 Å². The topological polar surface area (TPSA) is 155 Å². The first-order valence-electron chi connectivity index (χ1n) is 24.4. The molecule has 68 heavy (non-hydrogen) atoms. The molecule has 0 spiro atoms. The number of benzene rings is 2. The number of hydrogen-bond acceptors (Lipinski definition) is 9. The summed E-state index contributed by atoms with van der Waals surface area (Å²) >= 11 is 0. The van der Waals surface area contributed by atoms with Crippen molar-refractivity contribution < 1.29 is 33.4 Å². The van der Waals surface area contributed by atoms with Gasteiger partial charge in [0, 0.05) is 75.5 Å². The van der Waals surface area contributed by atoms with Crippen molar-refractivity contribution in [1.82, 2.24) is 35.1 Å². The molecule has 4 unspecified atom stereocenters. The first-order valence-corrected chi connectivity index (χ1v) is 24.4. The van der Waals surface area contributed by atoms with Crippen molar-refractivity contribution in [1.29, 1.82) is 0 Å². The van der Waals surface area contributed by atoms with Gasteiger partial charge in [-0.25, -0.2) is 5.43 Å². The normalized spacial score (nSPS) is 18.9. The summed E-state index contributed by atoms with van der Waals surface area (Å²) < 4.78 is 13.9. The van der Waals surface area contributed by atoms with E-state index in [2.05, 4.69) is 79.1 Å². The van der Waals surface area contributed by atoms with Gasteiger partial charge in [0.15, 0.2) is 0 Å². The minimum Gasteiger partial charge on any atom is -0.384 e. The predicted octanol–water partition coefficient (Wildman–Crippen LogP) is 7.08. The van der Waals surface area contributed by atoms with Crippen LogP contribution in [0.4, 0.5) is 0 Å². The Kier molecular flexibility index (Phi) is 16.0. The largest absolute Gasteiger partial charge is 0.384 e. The fourth-order valence-electron chi connectivity index (χ4n) is 10.4. The number of aldehydes is 1. The van der Waals surface area contributed by atoms with E-state index in [0.29, 0.717) is 39.0 Å². The van der Waals surface area contributed by atoms with Crippen LogP contribution < -0.4 is 10.7 Å². The van der Waals surface area contributed by atoms with Crippen LogP contribution in [0.15, 0.2) is 73.4 Å². The van der Waals surface area contributed by atoms with Gasteiger partial charge in [-0.1, -0.05) is 64.6 Å². The van der Waals surface area contributed by atoms with E-state index in [1.54, 1.807) is 24.0 Å². The summed E-state index contributed by atoms with van der Waals surface area (Å²) in [6, 6.07) is 16.3. The molecule has 2 N–H and O–H groups in total. The Balaban J connectivity index is 1.24. The van der Waals surface area contributed by atoms with Crippen LogP contribution >= 0.6 is 0 Å². The summed E-state index contributed by atoms with van der Waals surface area (Å²) in [6.07, 6.45) is 7.89. The number of aromatic nitrogens is 2. The van der Waals surface area contributed by atoms with E-state index < -0.39 is 30.0 Å². The first-order chi connectivity index (χ1) is 32.6. The smallest absolute Gasteiger partial charge is 0.259 e. The van der Waals surface area contributed by atoms with Gasteiger partial charge >= 0.3 is 0 Å². The zero-order valence-corrected chi connectivity index (χ0v) is 41.3. The van der Waals surface area contributed by atoms with Crippen LogP contribution in [0.5, 0.6) is 0 Å². The molecule has 3 fully saturated rings. The number of carbonyl (C=O) groups is 5. The van der Waals surface area contributed by atoms with E-state index in [9.17, 15) is 24.0 Å². The van der Waals surface area contributed by atoms with Crippen molar-refractivity contribution in [2.24, 2.45) is 17.3 Å². The Hall–Kier alpha value is -5.70. The molecule has 4 amide bonds. The minimum absolute atomic E-state index is 0.0951. The third-order valence-electron chi connectivity index (χ3n) is 13.9. The number of likely N-dealkylation sites (tertiary alicyclic amines) is 1. The molecule has 2 saturated heterocycles. The second-order valence-electron chi connectivity index (χ2n) is 20.0. The Morgan fingerprint density at radius 2 is 1.76 bits per heavy atom. The van der Waals surface area contributed by atoms with Gasteiger partial charge in [-0.15, -0.1) is 0 Å². The molecule has 4 heterocycles. The summed E-state index contributed by atoms with van der Waals surface area (Å²) in [7, 11) is 3.44. The molecule has 14 nitrogen and oxygen atoms in total. The lowest BCUT2D eigenvalue weighted by molar-refractivity contribution is -0.148. The van der Waals surface area contributed by atoms with Crippen LogP contribution in [0.1, 0.15) is 96.6 Å². The third kappa shape index (κ3) is 10.9. The summed E-state index contributed by atoms with van der Waals surface area (Å²) in [6.45, 7) is 18.5. The predicted molar refractivity (Wildman–Crippen MR) is 264 cm³/mol. The Morgan fingerprint density at radius 1 is 1.00 bits per heavy atom. The highest BCUT2D eigenvalue weighted by molar-refractivity contribution is 5.96. The summed E-state index contributed by atoms with van der Waals surface area (Å²) in [5.74, 6) is -1.82. The van der Waals surface area contributed by atoms with E-state index in [-0.39, 0.29) is 54.2 Å². The number of nitrogens with zero attached hydrogens (tertiary/aromatic N) is 5. The molecule has 2 aromatic carbocycles. The lowest BCUT2D eigenvalue weighted by Gasteiger charge is -2.37. The summed E-state index contributed by atoms with van der Waals surface area (Å²) in [4.78, 5) is 76.3. The number of fused-ring (bicyclic) bond motifs is 1. The van der Waals surface area contributed by atoms with Crippen molar-refractivity contribution in [3.05, 3.63) is 90.3 Å². The SMILES string of the molecule is C=CC(=O)N1CCC(C(=O)N(C2CC2)C(C(=O)NC(Cc2cccc(-c3ccc4c(c3)c(CC(C)(C)COC)c(-c3cccnc3C(C)OC)n4CC)c2)C(=O)N2CCC[C@@H](C=O)N2)C(C)C)C1. The molecule has 2 aromatic heterocycles. The van der Waals surface area contributed by atoms with Crippen molar-refractivity contribution in [3.63, 3.8) is 0 Å². The lowest BCUT2D eigenvalue weighted by Crippen LogP contribution is -2.62. The number of aryl methyl sites for hydroxylation is 1. The van der Waals surface area contributed by atoms with Crippen LogP contribution in [0, 0.1) is 17.3 Å². The Bertz CT molecular complexity index is 2490. The highest BCUT2D eigenvalue weighted by Crippen LogP contribution is 2.42. The molecule has 0 radical (unpaired) electrons. The van der Waals surface area contributed by atoms with Gasteiger partial charge < -0.3 is 34.0 Å². The molecule has 2 aliphatic heterocycles. The van der Waals surface area contributed by atoms with Gasteiger partial charge in [0.2, 0.25) is 17.7 Å². The van der Waals surface area contributed by atoms with E-state index >= 15 is 0 Å². The molecular weight excluding hydrogens is 859 g/mol. The highest BCUT2D eigenvalue weighted by atomic mass is 16.5. The quantitative estimate of drug-likeness (QED) is 0.0699. The van der Waals surface area contributed by atoms with E-state index in [4.69, 9.17) is 14.5 Å². The maximum absolute atomic E-state index is 14.8. The van der Waals surface area contributed by atoms with Crippen LogP contribution in [0.25, 0.3) is 33.3 Å². The monoisotopic (exact) mass is 930 g/mol. The summed E-state index contributed by atoms with van der Waals surface area (Å²) in [5.41, 5.74) is 11.0. The van der Waals surface area contributed by atoms with Crippen molar-refractivity contribution in [2.45, 2.75) is 123 Å². The molecule has 14 heteroatoms. The van der Waals surface area contributed by atoms with Gasteiger partial charge in [0.1, 0.15) is 18.4 Å². The van der Waals surface area contributed by atoms with Crippen LogP contribution in [0.2, 0.25) is 0 Å². The lowest BCUT2D eigenvalue weighted by atomic mass is 9.84. The Morgan fingerprint density at radius 3 is 2.44 bits per heavy atom. The average Bonchev–Trinajstić information content (AvgIpc) is 3.97. The van der Waals surface area contributed by atoms with Gasteiger partial charge in [0.25, 0.3) is 5.91 Å². The second kappa shape index (κ2) is 21.7. The number of hydrazine groups is 1. The standard InChI is InChI=1S/C54H71N7O7/c1-10-47(63)58-26-23-39(31-58)52(65)61(41-20-21-41)49(34(3)4)51(64)56-45(53(66)60-25-14-17-40(32-62)57-60)28-36-15-12-16-37(27-36)38-19-22-46-43(29-38)44(30-54(6,7)33-67-8)50(59(46)11-2)42-18-13-24-55-48(42)35(5)68-9/h10,12-13,15-16,18-19,22,24,27,29,32,34-35,39-41,45,49,57H,1,11,14,17,20-21,23,25-26,28,30-31,33H2,2-9H3,(H,56,64)/t35?,39?,40-,45?,49?/m0/s1. The fourth-order valence-corrected chi connectivity index (χ4v) is 10.4. The second-order valence-corrected chi connectivity index (χ2v) is 20.0. The van der Waals surface area contributed by atoms with Gasteiger partial charge in [0.05, 0.1) is 36.1 Å². The first kappa shape index (κ1) is 50.2. The molecule has 0 bridgehead atoms. The maximum Gasteiger partial charge on any atom is 0.259 e. The van der Waals surface area contributed by atoms with E-state index in [0.717, 1.165) is 76.6 Å². The van der Waals surface area contributed by atoms with Gasteiger partial charge in [-0.2, -0.15) is 0 Å².